The van der Waals surface area contributed by atoms with Crippen LogP contribution in [0.1, 0.15) is 46.5 Å². The summed E-state index contributed by atoms with van der Waals surface area (Å²) in [7, 11) is 0. The van der Waals surface area contributed by atoms with Crippen molar-refractivity contribution < 1.29 is 9.53 Å². The Bertz CT molecular complexity index is 245. The quantitative estimate of drug-likeness (QED) is 0.390. The van der Waals surface area contributed by atoms with Crippen LogP contribution in [0.3, 0.4) is 0 Å². The van der Waals surface area contributed by atoms with Crippen LogP contribution in [0.25, 0.3) is 0 Å². The molecule has 0 fully saturated rings. The first-order valence-corrected chi connectivity index (χ1v) is 5.96. The molecule has 92 valence electrons. The molecule has 0 aromatic rings. The number of hydrogen-bond acceptors (Lipinski definition) is 3. The fourth-order valence-corrected chi connectivity index (χ4v) is 1.53. The lowest BCUT2D eigenvalue weighted by molar-refractivity contribution is -0.150. The van der Waals surface area contributed by atoms with Gasteiger partial charge in [-0.2, -0.15) is 0 Å². The van der Waals surface area contributed by atoms with Crippen molar-refractivity contribution in [2.24, 2.45) is 0 Å². The normalized spacial score (nSPS) is 13.9. The number of carbonyl (C=O) groups is 1. The van der Waals surface area contributed by atoms with Gasteiger partial charge in [0, 0.05) is 0 Å². The van der Waals surface area contributed by atoms with Crippen LogP contribution in [0.15, 0.2) is 0 Å². The standard InChI is InChI=1S/C13H23NO2/c1-5-8-9-10-13(4,14-11-6-2)12(15)16-7-3/h2,14H,5,7-11H2,1,3-4H3. The SMILES string of the molecule is C#CCNC(C)(CCCCC)C(=O)OCC. The average Bonchev–Trinajstić information content (AvgIpc) is 2.27. The van der Waals surface area contributed by atoms with Gasteiger partial charge in [-0.15, -0.1) is 6.42 Å². The molecule has 0 amide bonds. The van der Waals surface area contributed by atoms with Crippen molar-refractivity contribution in [1.82, 2.24) is 5.32 Å². The van der Waals surface area contributed by atoms with Crippen molar-refractivity contribution in [3.8, 4) is 12.3 Å². The van der Waals surface area contributed by atoms with E-state index in [2.05, 4.69) is 18.2 Å². The third kappa shape index (κ3) is 5.18. The summed E-state index contributed by atoms with van der Waals surface area (Å²) in [6, 6.07) is 0. The Morgan fingerprint density at radius 1 is 1.44 bits per heavy atom. The first-order chi connectivity index (χ1) is 7.60. The highest BCUT2D eigenvalue weighted by molar-refractivity contribution is 5.80. The molecule has 0 saturated heterocycles. The van der Waals surface area contributed by atoms with E-state index in [0.717, 1.165) is 25.7 Å². The fourth-order valence-electron chi connectivity index (χ4n) is 1.53. The van der Waals surface area contributed by atoms with E-state index in [1.54, 1.807) is 0 Å². The molecule has 0 saturated carbocycles. The molecule has 0 aromatic carbocycles. The Morgan fingerprint density at radius 3 is 2.62 bits per heavy atom. The Labute approximate surface area is 98.9 Å². The molecule has 3 heteroatoms. The summed E-state index contributed by atoms with van der Waals surface area (Å²) in [4.78, 5) is 11.8. The molecule has 0 heterocycles. The van der Waals surface area contributed by atoms with E-state index in [-0.39, 0.29) is 5.97 Å². The molecule has 0 rings (SSSR count). The van der Waals surface area contributed by atoms with Crippen molar-refractivity contribution >= 4 is 5.97 Å². The number of carbonyl (C=O) groups excluding carboxylic acids is 1. The minimum atomic E-state index is -0.641. The van der Waals surface area contributed by atoms with Gasteiger partial charge in [-0.3, -0.25) is 10.1 Å². The molecule has 0 bridgehead atoms. The predicted octanol–water partition coefficient (Wildman–Crippen LogP) is 2.11. The Morgan fingerprint density at radius 2 is 2.12 bits per heavy atom. The second-order valence-corrected chi connectivity index (χ2v) is 4.07. The highest BCUT2D eigenvalue weighted by atomic mass is 16.5. The molecular weight excluding hydrogens is 202 g/mol. The summed E-state index contributed by atoms with van der Waals surface area (Å²) in [5, 5.41) is 3.08. The highest BCUT2D eigenvalue weighted by Gasteiger charge is 2.33. The molecule has 0 radical (unpaired) electrons. The molecule has 0 aliphatic heterocycles. The van der Waals surface area contributed by atoms with Gasteiger partial charge < -0.3 is 4.74 Å². The van der Waals surface area contributed by atoms with Gasteiger partial charge in [0.15, 0.2) is 0 Å². The van der Waals surface area contributed by atoms with Gasteiger partial charge in [-0.05, 0) is 20.3 Å². The smallest absolute Gasteiger partial charge is 0.326 e. The highest BCUT2D eigenvalue weighted by Crippen LogP contribution is 2.16. The zero-order valence-electron chi connectivity index (χ0n) is 10.6. The van der Waals surface area contributed by atoms with Gasteiger partial charge in [0.1, 0.15) is 5.54 Å². The van der Waals surface area contributed by atoms with Crippen LogP contribution in [-0.2, 0) is 9.53 Å². The topological polar surface area (TPSA) is 38.3 Å². The molecule has 1 N–H and O–H groups in total. The van der Waals surface area contributed by atoms with Crippen molar-refractivity contribution in [3.05, 3.63) is 0 Å². The van der Waals surface area contributed by atoms with E-state index in [1.807, 2.05) is 13.8 Å². The number of rotatable bonds is 8. The molecule has 0 spiro atoms. The Kier molecular flexibility index (Phi) is 7.66. The zero-order chi connectivity index (χ0) is 12.4. The van der Waals surface area contributed by atoms with Crippen molar-refractivity contribution in [2.75, 3.05) is 13.2 Å². The lowest BCUT2D eigenvalue weighted by atomic mass is 9.94. The Balaban J connectivity index is 4.35. The lowest BCUT2D eigenvalue weighted by Gasteiger charge is -2.27. The van der Waals surface area contributed by atoms with Gasteiger partial charge in [-0.1, -0.05) is 32.1 Å². The van der Waals surface area contributed by atoms with Crippen LogP contribution in [0.5, 0.6) is 0 Å². The summed E-state index contributed by atoms with van der Waals surface area (Å²) < 4.78 is 5.06. The monoisotopic (exact) mass is 225 g/mol. The van der Waals surface area contributed by atoms with E-state index in [4.69, 9.17) is 11.2 Å². The van der Waals surface area contributed by atoms with Gasteiger partial charge in [0.05, 0.1) is 13.2 Å². The first kappa shape index (κ1) is 15.0. The van der Waals surface area contributed by atoms with Crippen LogP contribution in [0, 0.1) is 12.3 Å². The predicted molar refractivity (Wildman–Crippen MR) is 66.0 cm³/mol. The van der Waals surface area contributed by atoms with Gasteiger partial charge in [0.25, 0.3) is 0 Å². The molecule has 0 aromatic heterocycles. The summed E-state index contributed by atoms with van der Waals surface area (Å²) in [5.74, 6) is 2.28. The molecule has 3 nitrogen and oxygen atoms in total. The molecular formula is C13H23NO2. The van der Waals surface area contributed by atoms with E-state index in [0.29, 0.717) is 13.2 Å². The lowest BCUT2D eigenvalue weighted by Crippen LogP contribution is -2.50. The van der Waals surface area contributed by atoms with Gasteiger partial charge >= 0.3 is 5.97 Å². The summed E-state index contributed by atoms with van der Waals surface area (Å²) in [6.45, 7) is 6.60. The first-order valence-electron chi connectivity index (χ1n) is 5.96. The summed E-state index contributed by atoms with van der Waals surface area (Å²) >= 11 is 0. The Hall–Kier alpha value is -1.01. The number of terminal acetylenes is 1. The van der Waals surface area contributed by atoms with E-state index in [9.17, 15) is 4.79 Å². The third-order valence-corrected chi connectivity index (χ3v) is 2.59. The number of nitrogens with one attached hydrogen (secondary N) is 1. The molecule has 0 aliphatic carbocycles. The van der Waals surface area contributed by atoms with Crippen molar-refractivity contribution in [3.63, 3.8) is 0 Å². The van der Waals surface area contributed by atoms with Crippen molar-refractivity contribution in [2.45, 2.75) is 52.0 Å². The maximum atomic E-state index is 11.8. The van der Waals surface area contributed by atoms with Crippen LogP contribution in [0.2, 0.25) is 0 Å². The maximum absolute atomic E-state index is 11.8. The second-order valence-electron chi connectivity index (χ2n) is 4.07. The van der Waals surface area contributed by atoms with Crippen LogP contribution in [-0.4, -0.2) is 24.7 Å². The fraction of sp³-hybridized carbons (Fsp3) is 0.769. The van der Waals surface area contributed by atoms with Gasteiger partial charge in [-0.25, -0.2) is 0 Å². The number of unbranched alkanes of at least 4 members (excludes halogenated alkanes) is 2. The minimum Gasteiger partial charge on any atom is -0.465 e. The molecule has 16 heavy (non-hydrogen) atoms. The number of hydrogen-bond donors (Lipinski definition) is 1. The molecule has 1 atom stereocenters. The van der Waals surface area contributed by atoms with Crippen LogP contribution >= 0.6 is 0 Å². The molecule has 0 aliphatic rings. The third-order valence-electron chi connectivity index (χ3n) is 2.59. The largest absolute Gasteiger partial charge is 0.465 e. The number of ether oxygens (including phenoxy) is 1. The summed E-state index contributed by atoms with van der Waals surface area (Å²) in [5.41, 5.74) is -0.641. The average molecular weight is 225 g/mol. The maximum Gasteiger partial charge on any atom is 0.326 e. The van der Waals surface area contributed by atoms with E-state index < -0.39 is 5.54 Å². The zero-order valence-corrected chi connectivity index (χ0v) is 10.6. The number of esters is 1. The second kappa shape index (κ2) is 8.18. The van der Waals surface area contributed by atoms with E-state index >= 15 is 0 Å². The molecule has 1 unspecified atom stereocenters. The van der Waals surface area contributed by atoms with Crippen molar-refractivity contribution in [1.29, 1.82) is 0 Å². The van der Waals surface area contributed by atoms with Crippen LogP contribution in [0.4, 0.5) is 0 Å². The van der Waals surface area contributed by atoms with E-state index in [1.165, 1.54) is 0 Å². The van der Waals surface area contributed by atoms with Gasteiger partial charge in [0.2, 0.25) is 0 Å². The summed E-state index contributed by atoms with van der Waals surface area (Å²) in [6.07, 6.45) is 9.22. The minimum absolute atomic E-state index is 0.207. The van der Waals surface area contributed by atoms with Crippen LogP contribution < -0.4 is 5.32 Å².